The molecule has 10 heterocycles. The second-order valence-electron chi connectivity index (χ2n) is 28.7. The normalized spacial score (nSPS) is 17.8. The second kappa shape index (κ2) is 44.0. The van der Waals surface area contributed by atoms with E-state index in [-0.39, 0.29) is 233 Å². The van der Waals surface area contributed by atoms with E-state index < -0.39 is 52.3 Å². The van der Waals surface area contributed by atoms with Crippen LogP contribution in [-0.4, -0.2) is 257 Å². The summed E-state index contributed by atoms with van der Waals surface area (Å²) in [6, 6.07) is 35.5. The van der Waals surface area contributed by atoms with E-state index in [9.17, 15) is 72.0 Å². The number of halogens is 4. The summed E-state index contributed by atoms with van der Waals surface area (Å²) >= 11 is 24.9. The number of sulfonamides is 4. The molecule has 0 aliphatic carbocycles. The number of carbonyl (C=O) groups is 8. The highest BCUT2D eigenvalue weighted by atomic mass is 35.5. The van der Waals surface area contributed by atoms with Crippen molar-refractivity contribution in [2.24, 2.45) is 0 Å². The molecule has 0 unspecified atom stereocenters. The van der Waals surface area contributed by atoms with Crippen molar-refractivity contribution in [3.8, 4) is 0 Å². The Hall–Kier alpha value is -10.2. The summed E-state index contributed by atoms with van der Waals surface area (Å²) in [5.74, 6) is -2.13. The van der Waals surface area contributed by atoms with E-state index in [4.69, 9.17) is 55.9 Å². The molecule has 6 N–H and O–H groups in total. The SMILES string of the molecule is C.C.O=C(CN1CCOC1=O)N[C@@H]1CCN(S(=O)(=O)c2cccc3cncc(Cl)c23)C1.O=C(CN1CCOC1=O)N[C@H]1CCN(S(=O)(=O)c2cccc3cncc(Cl)c23)C1.O=C(CNC(=O)c1ccccc1)N[C@@H]1CCN(S(=O)(=O)c2cccc3cncc(Cl)c23)C1.O=C(CNC(=O)c1ccccc1)N[C@H]1CCN(S(=O)(=O)c2cccc3cncc(Cl)c23)C1.S.S. The number of ether oxygens (including phenoxy) is 2. The molecule has 126 heavy (non-hydrogen) atoms. The molecule has 6 aliphatic heterocycles. The van der Waals surface area contributed by atoms with Crippen LogP contribution in [0.25, 0.3) is 43.1 Å². The Morgan fingerprint density at radius 3 is 0.849 bits per heavy atom. The minimum absolute atomic E-state index is 0. The molecule has 6 aromatic carbocycles. The third-order valence-electron chi connectivity index (χ3n) is 20.6. The van der Waals surface area contributed by atoms with Gasteiger partial charge in [-0.1, -0.05) is 146 Å². The summed E-state index contributed by atoms with van der Waals surface area (Å²) in [5.41, 5.74) is 0.921. The fourth-order valence-electron chi connectivity index (χ4n) is 14.6. The molecular formula is C82H92Cl4N16O18S6. The van der Waals surface area contributed by atoms with E-state index in [0.29, 0.717) is 93.0 Å². The van der Waals surface area contributed by atoms with E-state index >= 15 is 0 Å². The number of benzene rings is 6. The molecular weight excluding hydrogens is 1830 g/mol. The summed E-state index contributed by atoms with van der Waals surface area (Å²) < 4.78 is 121. The van der Waals surface area contributed by atoms with Gasteiger partial charge in [0.15, 0.2) is 0 Å². The van der Waals surface area contributed by atoms with Gasteiger partial charge in [0.2, 0.25) is 63.7 Å². The highest BCUT2D eigenvalue weighted by molar-refractivity contribution is 7.90. The quantitative estimate of drug-likeness (QED) is 0.0371. The Balaban J connectivity index is 0.000000188. The Labute approximate surface area is 762 Å². The molecule has 0 bridgehead atoms. The molecule has 672 valence electrons. The van der Waals surface area contributed by atoms with E-state index in [1.54, 1.807) is 134 Å². The second-order valence-corrected chi connectivity index (χ2v) is 38.0. The number of cyclic esters (lactones) is 2. The number of carbonyl (C=O) groups excluding carboxylic acids is 8. The molecule has 4 atom stereocenters. The molecule has 34 nitrogen and oxygen atoms in total. The maximum absolute atomic E-state index is 13.3. The molecule has 10 aromatic rings. The van der Waals surface area contributed by atoms with Gasteiger partial charge in [0.05, 0.1) is 65.9 Å². The zero-order valence-electron chi connectivity index (χ0n) is 65.7. The predicted octanol–water partition coefficient (Wildman–Crippen LogP) is 8.33. The van der Waals surface area contributed by atoms with Crippen molar-refractivity contribution in [2.45, 2.75) is 84.3 Å². The van der Waals surface area contributed by atoms with Gasteiger partial charge in [0.1, 0.15) is 26.3 Å². The lowest BCUT2D eigenvalue weighted by atomic mass is 10.2. The molecule has 8 amide bonds. The van der Waals surface area contributed by atoms with Crippen LogP contribution in [0, 0.1) is 0 Å². The summed E-state index contributed by atoms with van der Waals surface area (Å²) in [7, 11) is -15.2. The summed E-state index contributed by atoms with van der Waals surface area (Å²) in [6.45, 7) is 2.35. The summed E-state index contributed by atoms with van der Waals surface area (Å²) in [4.78, 5) is 115. The van der Waals surface area contributed by atoms with Crippen LogP contribution in [0.1, 0.15) is 61.3 Å². The van der Waals surface area contributed by atoms with Crippen LogP contribution in [0.4, 0.5) is 9.59 Å². The average Bonchev–Trinajstić information content (AvgIpc) is 1.64. The number of hydrogen-bond donors (Lipinski definition) is 6. The first-order valence-electron chi connectivity index (χ1n) is 38.2. The fourth-order valence-corrected chi connectivity index (χ4v) is 22.8. The van der Waals surface area contributed by atoms with E-state index in [2.05, 4.69) is 51.8 Å². The maximum atomic E-state index is 13.3. The van der Waals surface area contributed by atoms with E-state index in [1.807, 2.05) is 0 Å². The van der Waals surface area contributed by atoms with Gasteiger partial charge in [-0.3, -0.25) is 58.5 Å². The molecule has 6 saturated heterocycles. The van der Waals surface area contributed by atoms with E-state index in [0.717, 1.165) is 0 Å². The lowest BCUT2D eigenvalue weighted by molar-refractivity contribution is -0.123. The van der Waals surface area contributed by atoms with Gasteiger partial charge >= 0.3 is 12.2 Å². The zero-order chi connectivity index (χ0) is 86.6. The Bertz CT molecular complexity index is 5790. The number of pyridine rings is 4. The van der Waals surface area contributed by atoms with Gasteiger partial charge in [0, 0.05) is 180 Å². The van der Waals surface area contributed by atoms with E-state index in [1.165, 1.54) is 76.1 Å². The molecule has 0 spiro atoms. The van der Waals surface area contributed by atoms with Crippen molar-refractivity contribution < 1.29 is 81.5 Å². The van der Waals surface area contributed by atoms with Crippen LogP contribution >= 0.6 is 73.4 Å². The van der Waals surface area contributed by atoms with Crippen LogP contribution < -0.4 is 31.9 Å². The Morgan fingerprint density at radius 1 is 0.349 bits per heavy atom. The van der Waals surface area contributed by atoms with Crippen LogP contribution in [0.15, 0.2) is 203 Å². The lowest BCUT2D eigenvalue weighted by Crippen LogP contribution is -2.44. The van der Waals surface area contributed by atoms with Gasteiger partial charge in [0.25, 0.3) is 11.8 Å². The number of rotatable bonds is 22. The molecule has 6 aliphatic rings. The van der Waals surface area contributed by atoms with Gasteiger partial charge in [-0.05, 0) is 74.2 Å². The molecule has 4 aromatic heterocycles. The molecule has 16 rings (SSSR count). The number of nitrogens with one attached hydrogen (secondary N) is 6. The third-order valence-corrected chi connectivity index (χ3v) is 29.4. The molecule has 44 heteroatoms. The first-order valence-corrected chi connectivity index (χ1v) is 45.5. The topological polar surface area (TPSA) is 435 Å². The van der Waals surface area contributed by atoms with Crippen LogP contribution in [0.2, 0.25) is 20.1 Å². The molecule has 6 fully saturated rings. The minimum atomic E-state index is -3.82. The van der Waals surface area contributed by atoms with Crippen molar-refractivity contribution in [3.05, 3.63) is 214 Å². The largest absolute Gasteiger partial charge is 0.448 e. The number of hydrogen-bond acceptors (Lipinski definition) is 22. The average molecular weight is 1920 g/mol. The zero-order valence-corrected chi connectivity index (χ0v) is 74.0. The highest BCUT2D eigenvalue weighted by Gasteiger charge is 2.40. The van der Waals surface area contributed by atoms with Crippen molar-refractivity contribution in [1.29, 1.82) is 0 Å². The van der Waals surface area contributed by atoms with Gasteiger partial charge in [-0.2, -0.15) is 44.2 Å². The number of amides is 8. The first kappa shape index (κ1) is 99.6. The highest BCUT2D eigenvalue weighted by Crippen LogP contribution is 2.37. The standard InChI is InChI=1S/2C22H21ClN4O4S.2C18H19ClN4O5S.2CH4.2H2S/c2*23-18-12-24-11-16-7-4-8-19(21(16)18)32(30,31)27-10-9-17(14-27)26-20(28)13-25-22(29)15-5-2-1-3-6-15;2*19-14-9-20-8-12-2-1-3-15(17(12)14)29(26,27)23-5-4-13(10-23)21-16(24)11-22-6-7-28-18(22)25;;;;/h2*1-8,11-12,17H,9-10,13-14H2,(H,25,29)(H,26,28);2*1-3,8-9,13H,4-7,10-11H2,(H,21,24);2*1H4;2*1H2/t2*17-;2*13-;;;;/m1010..../s1. The summed E-state index contributed by atoms with van der Waals surface area (Å²) in [6.07, 6.45) is 12.8. The number of aromatic nitrogens is 4. The fraction of sp³-hybridized carbons (Fsp3) is 0.317. The lowest BCUT2D eigenvalue weighted by Gasteiger charge is -2.19. The first-order chi connectivity index (χ1) is 58.4. The minimum Gasteiger partial charge on any atom is -0.448 e. The Morgan fingerprint density at radius 2 is 0.603 bits per heavy atom. The smallest absolute Gasteiger partial charge is 0.410 e. The molecule has 0 radical (unpaired) electrons. The van der Waals surface area contributed by atoms with Crippen molar-refractivity contribution in [2.75, 3.05) is 105 Å². The summed E-state index contributed by atoms with van der Waals surface area (Å²) in [5, 5.41) is 21.6. The van der Waals surface area contributed by atoms with Crippen molar-refractivity contribution in [1.82, 2.24) is 78.9 Å². The van der Waals surface area contributed by atoms with Crippen LogP contribution in [-0.2, 0) is 68.7 Å². The van der Waals surface area contributed by atoms with Crippen molar-refractivity contribution >= 4 is 204 Å². The van der Waals surface area contributed by atoms with Gasteiger partial charge in [-0.25, -0.2) is 43.3 Å². The molecule has 0 saturated carbocycles. The van der Waals surface area contributed by atoms with Crippen molar-refractivity contribution in [3.63, 3.8) is 0 Å². The Kier molecular flexibility index (Phi) is 34.8. The monoisotopic (exact) mass is 1920 g/mol. The number of nitrogens with zero attached hydrogens (tertiary/aromatic N) is 10. The predicted molar refractivity (Wildman–Crippen MR) is 486 cm³/mol. The van der Waals surface area contributed by atoms with Gasteiger partial charge < -0.3 is 41.4 Å². The van der Waals surface area contributed by atoms with Crippen LogP contribution in [0.5, 0.6) is 0 Å². The van der Waals surface area contributed by atoms with Gasteiger partial charge in [-0.15, -0.1) is 0 Å². The maximum Gasteiger partial charge on any atom is 0.410 e. The number of fused-ring (bicyclic) bond motifs is 4. The van der Waals surface area contributed by atoms with Crippen LogP contribution in [0.3, 0.4) is 0 Å². The third kappa shape index (κ3) is 23.6.